The lowest BCUT2D eigenvalue weighted by atomic mass is 10.0. The number of benzene rings is 2. The fraction of sp³-hybridized carbons (Fsp3) is 0.462. The molecule has 10 nitrogen and oxygen atoms in total. The van der Waals surface area contributed by atoms with E-state index in [0.29, 0.717) is 42.4 Å². The van der Waals surface area contributed by atoms with Gasteiger partial charge in [0.1, 0.15) is 5.75 Å². The summed E-state index contributed by atoms with van der Waals surface area (Å²) >= 11 is 0. The quantitative estimate of drug-likeness (QED) is 0.195. The Morgan fingerprint density at radius 2 is 1.62 bits per heavy atom. The van der Waals surface area contributed by atoms with Crippen LogP contribution < -0.4 is 23.8 Å². The van der Waals surface area contributed by atoms with E-state index in [-0.39, 0.29) is 31.3 Å². The molecule has 0 aliphatic carbocycles. The van der Waals surface area contributed by atoms with E-state index in [9.17, 15) is 18.5 Å². The normalized spacial score (nSPS) is 11.8. The molecule has 2 rings (SSSR count). The van der Waals surface area contributed by atoms with Crippen molar-refractivity contribution in [1.29, 1.82) is 5.26 Å². The molecule has 0 saturated heterocycles. The zero-order valence-electron chi connectivity index (χ0n) is 21.7. The molecule has 1 unspecified atom stereocenters. The number of sulfonamides is 1. The second-order valence-electron chi connectivity index (χ2n) is 7.79. The van der Waals surface area contributed by atoms with Crippen LogP contribution in [0.25, 0.3) is 0 Å². The van der Waals surface area contributed by atoms with E-state index in [0.717, 1.165) is 0 Å². The first-order valence-electron chi connectivity index (χ1n) is 12.2. The minimum Gasteiger partial charge on any atom is -0.490 e. The Kier molecular flexibility index (Phi) is 12.0. The smallest absolute Gasteiger partial charge is 0.344 e. The first kappa shape index (κ1) is 29.7. The number of hydrogen-bond donors (Lipinski definition) is 1. The van der Waals surface area contributed by atoms with E-state index < -0.39 is 22.0 Å². The van der Waals surface area contributed by atoms with E-state index in [2.05, 4.69) is 10.9 Å². The van der Waals surface area contributed by atoms with Gasteiger partial charge >= 0.3 is 5.97 Å². The highest BCUT2D eigenvalue weighted by molar-refractivity contribution is 7.89. The van der Waals surface area contributed by atoms with E-state index in [1.807, 2.05) is 19.9 Å². The molecule has 0 heterocycles. The number of rotatable bonds is 16. The van der Waals surface area contributed by atoms with Crippen LogP contribution in [0.15, 0.2) is 42.5 Å². The van der Waals surface area contributed by atoms with Crippen LogP contribution in [0.4, 0.5) is 5.69 Å². The van der Waals surface area contributed by atoms with Gasteiger partial charge in [-0.3, -0.25) is 4.90 Å². The standard InChI is InChI=1S/C26H35N3O7S/c1-5-14-37(31,32)28-17-22(29(19-27)20-12-10-9-11-13-20)21-15-24(33-6-2)25(34-7-3)16-23(21)36-18-26(30)35-8-4/h9-13,15-16,22,28H,5-8,14,17-18H2,1-4H3. The summed E-state index contributed by atoms with van der Waals surface area (Å²) in [6, 6.07) is 11.3. The van der Waals surface area contributed by atoms with Crippen molar-refractivity contribution in [3.05, 3.63) is 48.0 Å². The molecule has 1 atom stereocenters. The van der Waals surface area contributed by atoms with E-state index in [1.54, 1.807) is 50.2 Å². The zero-order chi connectivity index (χ0) is 27.3. The monoisotopic (exact) mass is 533 g/mol. The lowest BCUT2D eigenvalue weighted by molar-refractivity contribution is -0.145. The molecule has 1 N–H and O–H groups in total. The molecule has 37 heavy (non-hydrogen) atoms. The number of ether oxygens (including phenoxy) is 4. The lowest BCUT2D eigenvalue weighted by Gasteiger charge is -2.29. The van der Waals surface area contributed by atoms with Crippen LogP contribution in [-0.4, -0.2) is 53.1 Å². The van der Waals surface area contributed by atoms with Crippen LogP contribution in [0.3, 0.4) is 0 Å². The Morgan fingerprint density at radius 3 is 2.19 bits per heavy atom. The average Bonchev–Trinajstić information content (AvgIpc) is 2.87. The van der Waals surface area contributed by atoms with Gasteiger partial charge < -0.3 is 18.9 Å². The molecule has 0 aliphatic rings. The summed E-state index contributed by atoms with van der Waals surface area (Å²) in [5.41, 5.74) is 0.980. The molecule has 0 aliphatic heterocycles. The maximum atomic E-state index is 12.5. The van der Waals surface area contributed by atoms with Crippen molar-refractivity contribution < 1.29 is 32.2 Å². The molecular formula is C26H35N3O7S. The number of anilines is 1. The molecule has 0 saturated carbocycles. The summed E-state index contributed by atoms with van der Waals surface area (Å²) in [4.78, 5) is 13.4. The third kappa shape index (κ3) is 8.84. The van der Waals surface area contributed by atoms with Crippen molar-refractivity contribution in [3.63, 3.8) is 0 Å². The van der Waals surface area contributed by atoms with Gasteiger partial charge in [0.05, 0.1) is 37.3 Å². The highest BCUT2D eigenvalue weighted by Gasteiger charge is 2.29. The molecular weight excluding hydrogens is 498 g/mol. The van der Waals surface area contributed by atoms with E-state index in [4.69, 9.17) is 18.9 Å². The van der Waals surface area contributed by atoms with Gasteiger partial charge in [-0.05, 0) is 45.4 Å². The second kappa shape index (κ2) is 14.9. The lowest BCUT2D eigenvalue weighted by Crippen LogP contribution is -2.37. The summed E-state index contributed by atoms with van der Waals surface area (Å²) < 4.78 is 50.0. The van der Waals surface area contributed by atoms with Crippen molar-refractivity contribution in [2.75, 3.05) is 43.6 Å². The first-order valence-corrected chi connectivity index (χ1v) is 13.9. The van der Waals surface area contributed by atoms with Gasteiger partial charge in [-0.15, -0.1) is 0 Å². The second-order valence-corrected chi connectivity index (χ2v) is 9.71. The van der Waals surface area contributed by atoms with Gasteiger partial charge in [0.25, 0.3) is 0 Å². The van der Waals surface area contributed by atoms with Crippen LogP contribution in [0.5, 0.6) is 17.2 Å². The van der Waals surface area contributed by atoms with Crippen LogP contribution in [0.2, 0.25) is 0 Å². The number of hydrogen-bond acceptors (Lipinski definition) is 9. The maximum Gasteiger partial charge on any atom is 0.344 e. The number of carbonyl (C=O) groups is 1. The number of esters is 1. The van der Waals surface area contributed by atoms with Crippen molar-refractivity contribution >= 4 is 21.7 Å². The molecule has 0 spiro atoms. The number of carbonyl (C=O) groups excluding carboxylic acids is 1. The minimum absolute atomic E-state index is 0.0582. The summed E-state index contributed by atoms with van der Waals surface area (Å²) in [5.74, 6) is 0.393. The number of nitriles is 1. The van der Waals surface area contributed by atoms with Crippen LogP contribution in [0, 0.1) is 11.5 Å². The average molecular weight is 534 g/mol. The largest absolute Gasteiger partial charge is 0.490 e. The van der Waals surface area contributed by atoms with Gasteiger partial charge in [0.15, 0.2) is 24.3 Å². The topological polar surface area (TPSA) is 127 Å². The highest BCUT2D eigenvalue weighted by atomic mass is 32.2. The predicted molar refractivity (Wildman–Crippen MR) is 140 cm³/mol. The van der Waals surface area contributed by atoms with Gasteiger partial charge in [0.2, 0.25) is 10.0 Å². The molecule has 202 valence electrons. The zero-order valence-corrected chi connectivity index (χ0v) is 22.5. The summed E-state index contributed by atoms with van der Waals surface area (Å²) in [5, 5.41) is 10.2. The third-order valence-corrected chi connectivity index (χ3v) is 6.66. The predicted octanol–water partition coefficient (Wildman–Crippen LogP) is 3.78. The van der Waals surface area contributed by atoms with E-state index >= 15 is 0 Å². The molecule has 0 fully saturated rings. The Labute approximate surface area is 219 Å². The Hall–Kier alpha value is -3.49. The Balaban J connectivity index is 2.67. The molecule has 11 heteroatoms. The third-order valence-electron chi connectivity index (χ3n) is 5.11. The summed E-state index contributed by atoms with van der Waals surface area (Å²) in [7, 11) is -3.60. The maximum absolute atomic E-state index is 12.5. The van der Waals surface area contributed by atoms with Crippen LogP contribution in [0.1, 0.15) is 45.7 Å². The Bertz CT molecular complexity index is 1150. The molecule has 0 radical (unpaired) electrons. The van der Waals surface area contributed by atoms with Crippen LogP contribution >= 0.6 is 0 Å². The van der Waals surface area contributed by atoms with Gasteiger partial charge in [0, 0.05) is 18.2 Å². The van der Waals surface area contributed by atoms with Gasteiger partial charge in [-0.25, -0.2) is 17.9 Å². The molecule has 2 aromatic rings. The van der Waals surface area contributed by atoms with Crippen molar-refractivity contribution in [2.45, 2.75) is 40.2 Å². The Morgan fingerprint density at radius 1 is 0.973 bits per heavy atom. The molecule has 2 aromatic carbocycles. The van der Waals surface area contributed by atoms with Crippen molar-refractivity contribution in [2.24, 2.45) is 0 Å². The van der Waals surface area contributed by atoms with Crippen LogP contribution in [-0.2, 0) is 19.6 Å². The van der Waals surface area contributed by atoms with Gasteiger partial charge in [-0.1, -0.05) is 25.1 Å². The van der Waals surface area contributed by atoms with Crippen molar-refractivity contribution in [3.8, 4) is 23.4 Å². The molecule has 0 amide bonds. The fourth-order valence-corrected chi connectivity index (χ4v) is 4.70. The minimum atomic E-state index is -3.60. The number of para-hydroxylation sites is 1. The number of nitrogens with zero attached hydrogens (tertiary/aromatic N) is 2. The summed E-state index contributed by atoms with van der Waals surface area (Å²) in [6.07, 6.45) is 2.60. The SMILES string of the molecule is CCCS(=O)(=O)NCC(c1cc(OCC)c(OCC)cc1OCC(=O)OCC)N(C#N)c1ccccc1. The highest BCUT2D eigenvalue weighted by Crippen LogP contribution is 2.40. The fourth-order valence-electron chi connectivity index (χ4n) is 3.60. The molecule has 0 aromatic heterocycles. The van der Waals surface area contributed by atoms with Crippen molar-refractivity contribution in [1.82, 2.24) is 4.72 Å². The van der Waals surface area contributed by atoms with Gasteiger partial charge in [-0.2, -0.15) is 5.26 Å². The van der Waals surface area contributed by atoms with E-state index in [1.165, 1.54) is 4.90 Å². The molecule has 0 bridgehead atoms. The first-order chi connectivity index (χ1) is 17.8. The number of nitrogens with one attached hydrogen (secondary N) is 1. The summed E-state index contributed by atoms with van der Waals surface area (Å²) in [6.45, 7) is 7.47.